The van der Waals surface area contributed by atoms with Crippen LogP contribution >= 0.6 is 34.8 Å². The van der Waals surface area contributed by atoms with E-state index in [1.165, 1.54) is 6.07 Å². The molecular weight excluding hydrogens is 375 g/mol. The first kappa shape index (κ1) is 18.6. The van der Waals surface area contributed by atoms with Crippen LogP contribution in [0.3, 0.4) is 0 Å². The molecule has 0 radical (unpaired) electrons. The smallest absolute Gasteiger partial charge is 0.282 e. The number of nitrogens with zero attached hydrogens (tertiary/aromatic N) is 3. The van der Waals surface area contributed by atoms with Crippen molar-refractivity contribution in [1.82, 2.24) is 10.2 Å². The molecule has 2 aromatic rings. The highest BCUT2D eigenvalue weighted by Crippen LogP contribution is 2.16. The fourth-order valence-electron chi connectivity index (χ4n) is 1.79. The van der Waals surface area contributed by atoms with Gasteiger partial charge >= 0.3 is 0 Å². The summed E-state index contributed by atoms with van der Waals surface area (Å²) in [6.45, 7) is 0.421. The van der Waals surface area contributed by atoms with Crippen molar-refractivity contribution >= 4 is 46.5 Å². The number of carbonyl (C=O) groups excluding carboxylic acids is 1. The number of halogens is 3. The number of amides is 1. The quantitative estimate of drug-likeness (QED) is 0.467. The molecule has 2 N–H and O–H groups in total. The van der Waals surface area contributed by atoms with Gasteiger partial charge in [-0.25, -0.2) is 0 Å². The molecule has 1 amide bonds. The third kappa shape index (κ3) is 5.72. The Kier molecular flexibility index (Phi) is 6.93. The lowest BCUT2D eigenvalue weighted by Crippen LogP contribution is -2.21. The summed E-state index contributed by atoms with van der Waals surface area (Å²) >= 11 is 17.3. The summed E-state index contributed by atoms with van der Waals surface area (Å²) in [7, 11) is 0. The Balaban J connectivity index is 1.85. The Labute approximate surface area is 153 Å². The molecular formula is C15H13Cl3N4O2. The Hall–Kier alpha value is -1.73. The molecule has 0 saturated heterocycles. The predicted octanol–water partition coefficient (Wildman–Crippen LogP) is 3.19. The van der Waals surface area contributed by atoms with Gasteiger partial charge in [0.25, 0.3) is 5.91 Å². The number of benzene rings is 1. The van der Waals surface area contributed by atoms with E-state index in [0.29, 0.717) is 18.1 Å². The summed E-state index contributed by atoms with van der Waals surface area (Å²) in [6, 6.07) is 8.74. The van der Waals surface area contributed by atoms with Gasteiger partial charge in [-0.2, -0.15) is 4.99 Å². The van der Waals surface area contributed by atoms with E-state index in [0.717, 1.165) is 5.56 Å². The summed E-state index contributed by atoms with van der Waals surface area (Å²) in [6.07, 6.45) is 0.664. The molecule has 0 saturated carbocycles. The van der Waals surface area contributed by atoms with Crippen LogP contribution in [-0.4, -0.2) is 35.2 Å². The third-order valence-electron chi connectivity index (χ3n) is 2.87. The minimum Gasteiger partial charge on any atom is -0.385 e. The lowest BCUT2D eigenvalue weighted by atomic mass is 10.2. The molecule has 24 heavy (non-hydrogen) atoms. The van der Waals surface area contributed by atoms with Crippen LogP contribution in [-0.2, 0) is 11.2 Å². The van der Waals surface area contributed by atoms with E-state index in [-0.39, 0.29) is 28.3 Å². The van der Waals surface area contributed by atoms with Crippen LogP contribution in [0.2, 0.25) is 15.3 Å². The average Bonchev–Trinajstić information content (AvgIpc) is 2.54. The van der Waals surface area contributed by atoms with Crippen molar-refractivity contribution in [3.05, 3.63) is 56.8 Å². The molecule has 0 aliphatic carbocycles. The molecule has 1 aromatic carbocycles. The summed E-state index contributed by atoms with van der Waals surface area (Å²) in [4.78, 5) is 15.7. The average molecular weight is 388 g/mol. The zero-order chi connectivity index (χ0) is 17.5. The van der Waals surface area contributed by atoms with E-state index in [1.54, 1.807) is 6.07 Å². The van der Waals surface area contributed by atoms with Gasteiger partial charge < -0.3 is 10.5 Å². The number of amidine groups is 1. The number of hydrogen-bond donors (Lipinski definition) is 1. The van der Waals surface area contributed by atoms with Gasteiger partial charge in [-0.3, -0.25) is 4.79 Å². The molecule has 0 spiro atoms. The number of rotatable bonds is 6. The van der Waals surface area contributed by atoms with Crippen LogP contribution in [0, 0.1) is 0 Å². The summed E-state index contributed by atoms with van der Waals surface area (Å²) < 4.78 is 5.39. The standard InChI is InChI=1S/C15H13Cl3N4O2/c16-10-3-1-2-9(6-10)4-5-24-8-13(19)20-15(23)11-7-12(17)21-22-14(11)18/h1-3,6-7H,4-5,8H2,(H2,19,20,23). The highest BCUT2D eigenvalue weighted by molar-refractivity contribution is 6.34. The molecule has 0 aliphatic heterocycles. The van der Waals surface area contributed by atoms with Crippen LogP contribution < -0.4 is 5.73 Å². The maximum atomic E-state index is 12.0. The number of carbonyl (C=O) groups is 1. The van der Waals surface area contributed by atoms with Gasteiger partial charge in [0.15, 0.2) is 10.3 Å². The Bertz CT molecular complexity index is 768. The zero-order valence-electron chi connectivity index (χ0n) is 12.4. The van der Waals surface area contributed by atoms with Crippen molar-refractivity contribution in [2.75, 3.05) is 13.2 Å². The highest BCUT2D eigenvalue weighted by Gasteiger charge is 2.13. The molecule has 0 fully saturated rings. The van der Waals surface area contributed by atoms with Crippen LogP contribution in [0.4, 0.5) is 0 Å². The fourth-order valence-corrected chi connectivity index (χ4v) is 2.32. The highest BCUT2D eigenvalue weighted by atomic mass is 35.5. The Morgan fingerprint density at radius 1 is 1.21 bits per heavy atom. The zero-order valence-corrected chi connectivity index (χ0v) is 14.6. The van der Waals surface area contributed by atoms with Crippen LogP contribution in [0.5, 0.6) is 0 Å². The monoisotopic (exact) mass is 386 g/mol. The molecule has 9 heteroatoms. The molecule has 0 unspecified atom stereocenters. The predicted molar refractivity (Wildman–Crippen MR) is 94.0 cm³/mol. The lowest BCUT2D eigenvalue weighted by molar-refractivity contribution is 0.1000. The molecule has 126 valence electrons. The van der Waals surface area contributed by atoms with Gasteiger partial charge in [-0.05, 0) is 30.2 Å². The van der Waals surface area contributed by atoms with E-state index in [1.807, 2.05) is 18.2 Å². The molecule has 1 aromatic heterocycles. The van der Waals surface area contributed by atoms with E-state index >= 15 is 0 Å². The van der Waals surface area contributed by atoms with E-state index in [2.05, 4.69) is 15.2 Å². The van der Waals surface area contributed by atoms with Crippen molar-refractivity contribution in [2.24, 2.45) is 10.7 Å². The third-order valence-corrected chi connectivity index (χ3v) is 3.57. The second-order valence-corrected chi connectivity index (χ2v) is 5.89. The van der Waals surface area contributed by atoms with Crippen molar-refractivity contribution in [2.45, 2.75) is 6.42 Å². The molecule has 0 bridgehead atoms. The molecule has 6 nitrogen and oxygen atoms in total. The number of ether oxygens (including phenoxy) is 1. The van der Waals surface area contributed by atoms with Gasteiger partial charge in [0.2, 0.25) is 0 Å². The summed E-state index contributed by atoms with van der Waals surface area (Å²) in [5, 5.41) is 7.66. The van der Waals surface area contributed by atoms with Crippen molar-refractivity contribution < 1.29 is 9.53 Å². The van der Waals surface area contributed by atoms with Crippen LogP contribution in [0.15, 0.2) is 35.3 Å². The van der Waals surface area contributed by atoms with Gasteiger partial charge in [-0.15, -0.1) is 10.2 Å². The first-order valence-electron chi connectivity index (χ1n) is 6.84. The second-order valence-electron chi connectivity index (χ2n) is 4.71. The maximum Gasteiger partial charge on any atom is 0.282 e. The van der Waals surface area contributed by atoms with Crippen molar-refractivity contribution in [3.8, 4) is 0 Å². The topological polar surface area (TPSA) is 90.5 Å². The van der Waals surface area contributed by atoms with Crippen molar-refractivity contribution in [3.63, 3.8) is 0 Å². The fraction of sp³-hybridized carbons (Fsp3) is 0.200. The number of nitrogens with two attached hydrogens (primary N) is 1. The van der Waals surface area contributed by atoms with Crippen LogP contribution in [0.1, 0.15) is 15.9 Å². The Morgan fingerprint density at radius 2 is 2.00 bits per heavy atom. The van der Waals surface area contributed by atoms with Gasteiger partial charge in [0, 0.05) is 5.02 Å². The van der Waals surface area contributed by atoms with E-state index < -0.39 is 5.91 Å². The normalized spacial score (nSPS) is 11.5. The van der Waals surface area contributed by atoms with Gasteiger partial charge in [-0.1, -0.05) is 46.9 Å². The number of aliphatic imine (C=N–C) groups is 1. The molecule has 1 heterocycles. The first-order chi connectivity index (χ1) is 11.5. The minimum atomic E-state index is -0.659. The Morgan fingerprint density at radius 3 is 2.75 bits per heavy atom. The lowest BCUT2D eigenvalue weighted by Gasteiger charge is -2.05. The maximum absolute atomic E-state index is 12.0. The van der Waals surface area contributed by atoms with E-state index in [9.17, 15) is 4.79 Å². The first-order valence-corrected chi connectivity index (χ1v) is 7.97. The largest absolute Gasteiger partial charge is 0.385 e. The summed E-state index contributed by atoms with van der Waals surface area (Å²) in [5.41, 5.74) is 6.74. The minimum absolute atomic E-state index is 0.0101. The summed E-state index contributed by atoms with van der Waals surface area (Å²) in [5.74, 6) is -0.636. The van der Waals surface area contributed by atoms with Gasteiger partial charge in [0.1, 0.15) is 12.4 Å². The van der Waals surface area contributed by atoms with Gasteiger partial charge in [0.05, 0.1) is 12.2 Å². The number of hydrogen-bond acceptors (Lipinski definition) is 4. The van der Waals surface area contributed by atoms with Crippen molar-refractivity contribution in [1.29, 1.82) is 0 Å². The second kappa shape index (κ2) is 8.94. The SMILES string of the molecule is NC(COCCc1cccc(Cl)c1)=NC(=O)c1cc(Cl)nnc1Cl. The molecule has 2 rings (SSSR count). The molecule has 0 atom stereocenters. The number of aromatic nitrogens is 2. The van der Waals surface area contributed by atoms with E-state index in [4.69, 9.17) is 45.3 Å². The molecule has 0 aliphatic rings. The van der Waals surface area contributed by atoms with Crippen LogP contribution in [0.25, 0.3) is 0 Å².